The highest BCUT2D eigenvalue weighted by molar-refractivity contribution is 7.79. The summed E-state index contributed by atoms with van der Waals surface area (Å²) in [5.41, 5.74) is 0. The highest BCUT2D eigenvalue weighted by Gasteiger charge is 1.95. The highest BCUT2D eigenvalue weighted by atomic mass is 32.3. The zero-order chi connectivity index (χ0) is 19.4. The van der Waals surface area contributed by atoms with Gasteiger partial charge in [0, 0.05) is 6.42 Å². The molecular formula is C18H38MgO6S. The van der Waals surface area contributed by atoms with E-state index < -0.39 is 16.4 Å². The van der Waals surface area contributed by atoms with Gasteiger partial charge in [0.1, 0.15) is 0 Å². The molecule has 0 radical (unpaired) electrons. The molecule has 0 aliphatic heterocycles. The van der Waals surface area contributed by atoms with E-state index >= 15 is 0 Å². The van der Waals surface area contributed by atoms with E-state index in [1.807, 2.05) is 0 Å². The van der Waals surface area contributed by atoms with Gasteiger partial charge in [0.25, 0.3) is 0 Å². The largest absolute Gasteiger partial charge is 0.481 e. The van der Waals surface area contributed by atoms with E-state index in [0.717, 1.165) is 12.8 Å². The van der Waals surface area contributed by atoms with Gasteiger partial charge < -0.3 is 5.11 Å². The van der Waals surface area contributed by atoms with Gasteiger partial charge in [0.15, 0.2) is 0 Å². The van der Waals surface area contributed by atoms with E-state index in [2.05, 4.69) is 19.1 Å². The molecular weight excluding hydrogens is 369 g/mol. The molecule has 0 fully saturated rings. The van der Waals surface area contributed by atoms with Crippen LogP contribution in [-0.2, 0) is 15.2 Å². The van der Waals surface area contributed by atoms with Gasteiger partial charge in [0.2, 0.25) is 0 Å². The summed E-state index contributed by atoms with van der Waals surface area (Å²) in [4.78, 5) is 10.3. The summed E-state index contributed by atoms with van der Waals surface area (Å²) in [6, 6.07) is 0. The zero-order valence-electron chi connectivity index (χ0n) is 15.5. The van der Waals surface area contributed by atoms with Gasteiger partial charge in [-0.3, -0.25) is 13.9 Å². The van der Waals surface area contributed by atoms with Crippen molar-refractivity contribution in [1.29, 1.82) is 0 Å². The Kier molecular flexibility index (Phi) is 26.9. The van der Waals surface area contributed by atoms with Gasteiger partial charge in [-0.05, 0) is 32.1 Å². The van der Waals surface area contributed by atoms with Crippen molar-refractivity contribution in [2.45, 2.75) is 96.8 Å². The molecule has 0 aliphatic carbocycles. The second-order valence-electron chi connectivity index (χ2n) is 6.18. The molecule has 0 aromatic rings. The van der Waals surface area contributed by atoms with Crippen LogP contribution in [0.4, 0.5) is 0 Å². The Balaban J connectivity index is -0.000000772. The second kappa shape index (κ2) is 22.9. The quantitative estimate of drug-likeness (QED) is 0.159. The minimum absolute atomic E-state index is 0. The van der Waals surface area contributed by atoms with Crippen LogP contribution in [0.2, 0.25) is 0 Å². The van der Waals surface area contributed by atoms with Crippen molar-refractivity contribution in [3.8, 4) is 0 Å². The van der Waals surface area contributed by atoms with Crippen LogP contribution in [0.3, 0.4) is 0 Å². The third-order valence-electron chi connectivity index (χ3n) is 3.65. The van der Waals surface area contributed by atoms with Crippen molar-refractivity contribution in [2.75, 3.05) is 0 Å². The molecule has 0 atom stereocenters. The Morgan fingerprint density at radius 2 is 1.12 bits per heavy atom. The number of carbonyl (C=O) groups is 1. The van der Waals surface area contributed by atoms with Crippen LogP contribution in [0.1, 0.15) is 96.8 Å². The Morgan fingerprint density at radius 3 is 1.50 bits per heavy atom. The first-order chi connectivity index (χ1) is 11.8. The van der Waals surface area contributed by atoms with Crippen LogP contribution < -0.4 is 0 Å². The number of allylic oxidation sites excluding steroid dienone is 2. The predicted octanol–water partition coefficient (Wildman–Crippen LogP) is 4.54. The van der Waals surface area contributed by atoms with Crippen LogP contribution in [0.15, 0.2) is 12.2 Å². The minimum atomic E-state index is -4.67. The number of aliphatic carboxylic acids is 1. The van der Waals surface area contributed by atoms with E-state index in [0.29, 0.717) is 6.42 Å². The molecule has 0 saturated carbocycles. The maximum Gasteiger partial charge on any atom is 0.394 e. The molecule has 6 nitrogen and oxygen atoms in total. The lowest BCUT2D eigenvalue weighted by Crippen LogP contribution is -1.93. The van der Waals surface area contributed by atoms with E-state index in [-0.39, 0.29) is 23.1 Å². The summed E-state index contributed by atoms with van der Waals surface area (Å²) in [5.74, 6) is -0.664. The van der Waals surface area contributed by atoms with Gasteiger partial charge >= 0.3 is 39.4 Å². The normalized spacial score (nSPS) is 10.9. The van der Waals surface area contributed by atoms with E-state index in [9.17, 15) is 4.79 Å². The average Bonchev–Trinajstić information content (AvgIpc) is 2.49. The summed E-state index contributed by atoms with van der Waals surface area (Å²) in [6.45, 7) is 2.26. The summed E-state index contributed by atoms with van der Waals surface area (Å²) >= 11 is 0. The number of rotatable bonds is 15. The van der Waals surface area contributed by atoms with Crippen molar-refractivity contribution in [2.24, 2.45) is 0 Å². The molecule has 0 unspecified atom stereocenters. The van der Waals surface area contributed by atoms with Crippen LogP contribution in [0, 0.1) is 0 Å². The first-order valence-corrected chi connectivity index (χ1v) is 10.7. The molecule has 3 N–H and O–H groups in total. The maximum absolute atomic E-state index is 10.3. The lowest BCUT2D eigenvalue weighted by Gasteiger charge is -1.99. The van der Waals surface area contributed by atoms with Crippen molar-refractivity contribution in [3.63, 3.8) is 0 Å². The molecule has 0 aromatic heterocycles. The molecule has 0 amide bonds. The molecule has 26 heavy (non-hydrogen) atoms. The zero-order valence-corrected chi connectivity index (χ0v) is 16.3. The fraction of sp³-hybridized carbons (Fsp3) is 0.833. The van der Waals surface area contributed by atoms with Crippen LogP contribution in [-0.4, -0.2) is 51.7 Å². The molecule has 8 heteroatoms. The summed E-state index contributed by atoms with van der Waals surface area (Å²) in [6.07, 6.45) is 21.2. The fourth-order valence-electron chi connectivity index (χ4n) is 2.35. The molecule has 0 heterocycles. The van der Waals surface area contributed by atoms with Gasteiger partial charge in [-0.2, -0.15) is 8.42 Å². The average molecular weight is 407 g/mol. The summed E-state index contributed by atoms with van der Waals surface area (Å²) in [5, 5.41) is 8.51. The van der Waals surface area contributed by atoms with E-state index in [1.165, 1.54) is 70.6 Å². The Labute approximate surface area is 175 Å². The lowest BCUT2D eigenvalue weighted by atomic mass is 10.1. The molecule has 0 rings (SSSR count). The van der Waals surface area contributed by atoms with Gasteiger partial charge in [-0.1, -0.05) is 70.4 Å². The SMILES string of the molecule is CCCCCCCC/C=C\CCCCCCCC(=O)O.O=S(=O)(O)O.[MgH2]. The molecule has 0 saturated heterocycles. The number of hydrogen-bond acceptors (Lipinski definition) is 3. The van der Waals surface area contributed by atoms with Gasteiger partial charge in [0.05, 0.1) is 0 Å². The predicted molar refractivity (Wildman–Crippen MR) is 110 cm³/mol. The summed E-state index contributed by atoms with van der Waals surface area (Å²) < 4.78 is 31.6. The Morgan fingerprint density at radius 1 is 0.769 bits per heavy atom. The van der Waals surface area contributed by atoms with Crippen molar-refractivity contribution < 1.29 is 27.4 Å². The number of carboxylic acid groups (broad SMARTS) is 1. The van der Waals surface area contributed by atoms with Crippen molar-refractivity contribution in [3.05, 3.63) is 12.2 Å². The first-order valence-electron chi connectivity index (χ1n) is 9.34. The third-order valence-corrected chi connectivity index (χ3v) is 3.65. The number of unbranched alkanes of at least 4 members (excludes halogenated alkanes) is 11. The molecule has 154 valence electrons. The van der Waals surface area contributed by atoms with Crippen LogP contribution >= 0.6 is 0 Å². The monoisotopic (exact) mass is 406 g/mol. The number of hydrogen-bond donors (Lipinski definition) is 3. The Bertz CT molecular complexity index is 415. The maximum atomic E-state index is 10.3. The molecule has 0 aromatic carbocycles. The van der Waals surface area contributed by atoms with Crippen molar-refractivity contribution >= 4 is 39.4 Å². The van der Waals surface area contributed by atoms with E-state index in [4.69, 9.17) is 22.6 Å². The lowest BCUT2D eigenvalue weighted by molar-refractivity contribution is -0.137. The summed E-state index contributed by atoms with van der Waals surface area (Å²) in [7, 11) is -4.67. The molecule has 0 spiro atoms. The fourth-order valence-corrected chi connectivity index (χ4v) is 2.35. The topological polar surface area (TPSA) is 112 Å². The van der Waals surface area contributed by atoms with Gasteiger partial charge in [-0.15, -0.1) is 0 Å². The molecule has 0 bridgehead atoms. The third kappa shape index (κ3) is 43.9. The Hall–Kier alpha value is -0.154. The highest BCUT2D eigenvalue weighted by Crippen LogP contribution is 2.09. The van der Waals surface area contributed by atoms with E-state index in [1.54, 1.807) is 0 Å². The van der Waals surface area contributed by atoms with Crippen molar-refractivity contribution in [1.82, 2.24) is 0 Å². The molecule has 0 aliphatic rings. The smallest absolute Gasteiger partial charge is 0.394 e. The first kappa shape index (κ1) is 30.6. The minimum Gasteiger partial charge on any atom is -0.481 e. The van der Waals surface area contributed by atoms with Gasteiger partial charge in [-0.25, -0.2) is 0 Å². The van der Waals surface area contributed by atoms with Crippen LogP contribution in [0.5, 0.6) is 0 Å². The second-order valence-corrected chi connectivity index (χ2v) is 7.07. The van der Waals surface area contributed by atoms with Crippen LogP contribution in [0.25, 0.3) is 0 Å². The number of carboxylic acids is 1. The standard InChI is InChI=1S/C18H34O2.Mg.H2O4S.2H/c1-2-3-4-5-6-7-8-9-10-11-12-13-14-15-16-17-18(19)20;;1-5(2,3)4;;/h9-10H,2-8,11-17H2,1H3,(H,19,20);;(H2,1,2,3,4);;/b10-9-;;;;.